The van der Waals surface area contributed by atoms with Crippen molar-refractivity contribution in [1.82, 2.24) is 0 Å². The third-order valence-corrected chi connectivity index (χ3v) is 3.23. The summed E-state index contributed by atoms with van der Waals surface area (Å²) in [4.78, 5) is 13.8. The second-order valence-corrected chi connectivity index (χ2v) is 4.43. The molecule has 0 saturated heterocycles. The lowest BCUT2D eigenvalue weighted by atomic mass is 10.1. The van der Waals surface area contributed by atoms with Crippen molar-refractivity contribution >= 4 is 11.6 Å². The summed E-state index contributed by atoms with van der Waals surface area (Å²) in [5.41, 5.74) is 7.88. The molecule has 78 valence electrons. The van der Waals surface area contributed by atoms with E-state index in [2.05, 4.69) is 0 Å². The molecular formula is C12H14N2O. The number of rotatable bonds is 2. The first kappa shape index (κ1) is 8.92. The third-order valence-electron chi connectivity index (χ3n) is 3.23. The quantitative estimate of drug-likeness (QED) is 0.788. The van der Waals surface area contributed by atoms with Crippen molar-refractivity contribution < 1.29 is 4.79 Å². The minimum atomic E-state index is -0.444. The Hall–Kier alpha value is -1.35. The summed E-state index contributed by atoms with van der Waals surface area (Å²) in [6.45, 7) is 0.851. The molecule has 2 N–H and O–H groups in total. The van der Waals surface area contributed by atoms with Gasteiger partial charge in [-0.3, -0.25) is 4.79 Å². The number of fused-ring (bicyclic) bond motifs is 1. The Morgan fingerprint density at radius 2 is 2.07 bits per heavy atom. The monoisotopic (exact) mass is 202 g/mol. The summed E-state index contributed by atoms with van der Waals surface area (Å²) in [5, 5.41) is 0. The molecular weight excluding hydrogens is 188 g/mol. The molecule has 0 bridgehead atoms. The standard InChI is InChI=1S/C12H14N2O/c13-11-9-3-1-2-4-10(9)14(12(11)15)7-8-5-6-8/h1-4,8,11H,5-7,13H2/t11-/m0/s1. The number of hydrogen-bond acceptors (Lipinski definition) is 2. The van der Waals surface area contributed by atoms with E-state index in [1.807, 2.05) is 29.2 Å². The predicted molar refractivity (Wildman–Crippen MR) is 58.4 cm³/mol. The van der Waals surface area contributed by atoms with E-state index in [4.69, 9.17) is 5.73 Å². The fourth-order valence-corrected chi connectivity index (χ4v) is 2.16. The maximum atomic E-state index is 11.9. The average molecular weight is 202 g/mol. The molecule has 1 saturated carbocycles. The molecule has 1 heterocycles. The zero-order chi connectivity index (χ0) is 10.4. The zero-order valence-corrected chi connectivity index (χ0v) is 8.52. The molecule has 1 fully saturated rings. The molecule has 0 radical (unpaired) electrons. The minimum absolute atomic E-state index is 0.0584. The number of hydrogen-bond donors (Lipinski definition) is 1. The number of carbonyl (C=O) groups is 1. The van der Waals surface area contributed by atoms with Gasteiger partial charge in [-0.25, -0.2) is 0 Å². The van der Waals surface area contributed by atoms with E-state index in [1.165, 1.54) is 12.8 Å². The molecule has 0 spiro atoms. The van der Waals surface area contributed by atoms with Crippen LogP contribution in [0.5, 0.6) is 0 Å². The molecule has 15 heavy (non-hydrogen) atoms. The fraction of sp³-hybridized carbons (Fsp3) is 0.417. The molecule has 0 aromatic heterocycles. The largest absolute Gasteiger partial charge is 0.316 e. The van der Waals surface area contributed by atoms with Crippen LogP contribution in [0.3, 0.4) is 0 Å². The predicted octanol–water partition coefficient (Wildman–Crippen LogP) is 1.44. The van der Waals surface area contributed by atoms with Crippen LogP contribution in [0.4, 0.5) is 5.69 Å². The second-order valence-electron chi connectivity index (χ2n) is 4.43. The van der Waals surface area contributed by atoms with Gasteiger partial charge < -0.3 is 10.6 Å². The Bertz CT molecular complexity index is 412. The van der Waals surface area contributed by atoms with Crippen molar-refractivity contribution in [2.24, 2.45) is 11.7 Å². The summed E-state index contributed by atoms with van der Waals surface area (Å²) in [6.07, 6.45) is 2.50. The van der Waals surface area contributed by atoms with Crippen LogP contribution in [0.15, 0.2) is 24.3 Å². The normalized spacial score (nSPS) is 24.5. The molecule has 1 aromatic rings. The van der Waals surface area contributed by atoms with E-state index in [9.17, 15) is 4.79 Å². The van der Waals surface area contributed by atoms with Gasteiger partial charge in [-0.15, -0.1) is 0 Å². The molecule has 1 aliphatic carbocycles. The molecule has 1 aromatic carbocycles. The number of nitrogens with two attached hydrogens (primary N) is 1. The lowest BCUT2D eigenvalue weighted by molar-refractivity contribution is -0.119. The van der Waals surface area contributed by atoms with Crippen molar-refractivity contribution in [3.8, 4) is 0 Å². The maximum Gasteiger partial charge on any atom is 0.248 e. The first-order valence-corrected chi connectivity index (χ1v) is 5.43. The molecule has 0 unspecified atom stereocenters. The highest BCUT2D eigenvalue weighted by atomic mass is 16.2. The van der Waals surface area contributed by atoms with E-state index in [0.29, 0.717) is 5.92 Å². The first-order valence-electron chi connectivity index (χ1n) is 5.43. The minimum Gasteiger partial charge on any atom is -0.316 e. The number of nitrogens with zero attached hydrogens (tertiary/aromatic N) is 1. The number of anilines is 1. The van der Waals surface area contributed by atoms with Gasteiger partial charge in [0.05, 0.1) is 0 Å². The molecule has 3 heteroatoms. The van der Waals surface area contributed by atoms with Crippen LogP contribution in [0.25, 0.3) is 0 Å². The zero-order valence-electron chi connectivity index (χ0n) is 8.52. The lowest BCUT2D eigenvalue weighted by Crippen LogP contribution is -2.33. The van der Waals surface area contributed by atoms with Crippen LogP contribution in [-0.4, -0.2) is 12.5 Å². The lowest BCUT2D eigenvalue weighted by Gasteiger charge is -2.16. The van der Waals surface area contributed by atoms with Crippen LogP contribution in [0.2, 0.25) is 0 Å². The Kier molecular flexibility index (Phi) is 1.83. The number of para-hydroxylation sites is 1. The maximum absolute atomic E-state index is 11.9. The van der Waals surface area contributed by atoms with Gasteiger partial charge in [0.2, 0.25) is 5.91 Å². The van der Waals surface area contributed by atoms with Gasteiger partial charge in [-0.05, 0) is 24.8 Å². The summed E-state index contributed by atoms with van der Waals surface area (Å²) in [5.74, 6) is 0.760. The summed E-state index contributed by atoms with van der Waals surface area (Å²) in [6, 6.07) is 7.39. The first-order chi connectivity index (χ1) is 7.27. The van der Waals surface area contributed by atoms with E-state index < -0.39 is 6.04 Å². The van der Waals surface area contributed by atoms with Crippen molar-refractivity contribution in [1.29, 1.82) is 0 Å². The molecule has 2 aliphatic rings. The van der Waals surface area contributed by atoms with Gasteiger partial charge in [-0.1, -0.05) is 18.2 Å². The molecule has 1 amide bonds. The molecule has 1 atom stereocenters. The molecule has 3 nitrogen and oxygen atoms in total. The van der Waals surface area contributed by atoms with Gasteiger partial charge in [0.1, 0.15) is 6.04 Å². The fourth-order valence-electron chi connectivity index (χ4n) is 2.16. The Morgan fingerprint density at radius 3 is 2.80 bits per heavy atom. The number of amides is 1. The summed E-state index contributed by atoms with van der Waals surface area (Å²) >= 11 is 0. The van der Waals surface area contributed by atoms with Crippen molar-refractivity contribution in [3.63, 3.8) is 0 Å². The molecule has 3 rings (SSSR count). The number of carbonyl (C=O) groups excluding carboxylic acids is 1. The number of benzene rings is 1. The van der Waals surface area contributed by atoms with Crippen molar-refractivity contribution in [2.75, 3.05) is 11.4 Å². The van der Waals surface area contributed by atoms with Gasteiger partial charge in [-0.2, -0.15) is 0 Å². The van der Waals surface area contributed by atoms with Crippen LogP contribution >= 0.6 is 0 Å². The Labute approximate surface area is 88.9 Å². The van der Waals surface area contributed by atoms with Gasteiger partial charge in [0.15, 0.2) is 0 Å². The van der Waals surface area contributed by atoms with Crippen molar-refractivity contribution in [2.45, 2.75) is 18.9 Å². The highest BCUT2D eigenvalue weighted by Crippen LogP contribution is 2.38. The van der Waals surface area contributed by atoms with E-state index in [-0.39, 0.29) is 5.91 Å². The highest BCUT2D eigenvalue weighted by Gasteiger charge is 2.37. The van der Waals surface area contributed by atoms with Gasteiger partial charge in [0, 0.05) is 17.8 Å². The van der Waals surface area contributed by atoms with E-state index in [0.717, 1.165) is 17.8 Å². The second kappa shape index (κ2) is 3.07. The van der Waals surface area contributed by atoms with Crippen molar-refractivity contribution in [3.05, 3.63) is 29.8 Å². The summed E-state index contributed by atoms with van der Waals surface area (Å²) in [7, 11) is 0. The van der Waals surface area contributed by atoms with Crippen LogP contribution < -0.4 is 10.6 Å². The van der Waals surface area contributed by atoms with Crippen LogP contribution in [-0.2, 0) is 4.79 Å². The van der Waals surface area contributed by atoms with Gasteiger partial charge in [0.25, 0.3) is 0 Å². The smallest absolute Gasteiger partial charge is 0.248 e. The van der Waals surface area contributed by atoms with E-state index >= 15 is 0 Å². The Balaban J connectivity index is 1.97. The van der Waals surface area contributed by atoms with E-state index in [1.54, 1.807) is 0 Å². The van der Waals surface area contributed by atoms with Gasteiger partial charge >= 0.3 is 0 Å². The Morgan fingerprint density at radius 1 is 1.33 bits per heavy atom. The average Bonchev–Trinajstić information content (AvgIpc) is 3.04. The topological polar surface area (TPSA) is 46.3 Å². The SMILES string of the molecule is N[C@@H]1C(=O)N(CC2CC2)c2ccccc21. The van der Waals surface area contributed by atoms with Crippen LogP contribution in [0, 0.1) is 5.92 Å². The highest BCUT2D eigenvalue weighted by molar-refractivity contribution is 6.04. The molecule has 1 aliphatic heterocycles. The third kappa shape index (κ3) is 1.35. The summed E-state index contributed by atoms with van der Waals surface area (Å²) < 4.78 is 0. The van der Waals surface area contributed by atoms with Crippen LogP contribution in [0.1, 0.15) is 24.4 Å².